The van der Waals surface area contributed by atoms with Crippen molar-refractivity contribution >= 4 is 17.0 Å². The normalized spacial score (nSPS) is 13.6. The van der Waals surface area contributed by atoms with E-state index in [9.17, 15) is 4.79 Å². The molecule has 0 atom stereocenters. The third-order valence-corrected chi connectivity index (χ3v) is 2.55. The first kappa shape index (κ1) is 8.29. The number of H-pyrrole nitrogens is 1. The molecule has 0 radical (unpaired) electrons. The summed E-state index contributed by atoms with van der Waals surface area (Å²) in [4.78, 5) is 14.8. The Morgan fingerprint density at radius 3 is 3.13 bits per heavy atom. The van der Waals surface area contributed by atoms with Crippen LogP contribution in [0, 0.1) is 0 Å². The molecule has 1 aromatic heterocycles. The fourth-order valence-electron chi connectivity index (χ4n) is 1.87. The minimum absolute atomic E-state index is 0.0238. The lowest BCUT2D eigenvalue weighted by Gasteiger charge is -2.13. The van der Waals surface area contributed by atoms with E-state index in [-0.39, 0.29) is 5.43 Å². The van der Waals surface area contributed by atoms with Crippen LogP contribution in [0.15, 0.2) is 35.3 Å². The Labute approximate surface area is 86.0 Å². The van der Waals surface area contributed by atoms with Gasteiger partial charge in [0.25, 0.3) is 0 Å². The second kappa shape index (κ2) is 2.98. The molecular weight excluding hydrogens is 190 g/mol. The van der Waals surface area contributed by atoms with E-state index >= 15 is 0 Å². The molecule has 3 rings (SSSR count). The van der Waals surface area contributed by atoms with Gasteiger partial charge in [-0.25, -0.2) is 0 Å². The molecule has 15 heavy (non-hydrogen) atoms. The molecule has 2 aromatic rings. The average Bonchev–Trinajstić information content (AvgIpc) is 2.29. The summed E-state index contributed by atoms with van der Waals surface area (Å²) in [6.07, 6.45) is 5.51. The van der Waals surface area contributed by atoms with Gasteiger partial charge in [0.2, 0.25) is 0 Å². The number of hydrogen-bond acceptors (Lipinski definition) is 2. The number of fused-ring (bicyclic) bond motifs is 3. The third-order valence-electron chi connectivity index (χ3n) is 2.55. The molecule has 3 nitrogen and oxygen atoms in total. The first-order valence-corrected chi connectivity index (χ1v) is 4.80. The number of pyridine rings is 1. The van der Waals surface area contributed by atoms with E-state index in [1.807, 2.05) is 24.3 Å². The van der Waals surface area contributed by atoms with Gasteiger partial charge in [-0.15, -0.1) is 0 Å². The molecule has 0 saturated carbocycles. The van der Waals surface area contributed by atoms with Gasteiger partial charge >= 0.3 is 0 Å². The van der Waals surface area contributed by atoms with Crippen molar-refractivity contribution < 1.29 is 4.74 Å². The molecule has 1 aromatic carbocycles. The molecule has 0 fully saturated rings. The van der Waals surface area contributed by atoms with Crippen LogP contribution in [0.25, 0.3) is 17.0 Å². The van der Waals surface area contributed by atoms with Crippen LogP contribution < -0.4 is 10.2 Å². The third kappa shape index (κ3) is 1.16. The van der Waals surface area contributed by atoms with Crippen molar-refractivity contribution in [2.75, 3.05) is 6.61 Å². The molecular formula is C12H9NO2. The summed E-state index contributed by atoms with van der Waals surface area (Å²) in [5, 5.41) is 0.700. The minimum Gasteiger partial charge on any atom is -0.489 e. The summed E-state index contributed by atoms with van der Waals surface area (Å²) in [7, 11) is 0. The highest BCUT2D eigenvalue weighted by Crippen LogP contribution is 2.28. The smallest absolute Gasteiger partial charge is 0.190 e. The maximum Gasteiger partial charge on any atom is 0.190 e. The second-order valence-electron chi connectivity index (χ2n) is 3.46. The van der Waals surface area contributed by atoms with Gasteiger partial charge in [0, 0.05) is 17.8 Å². The first-order valence-electron chi connectivity index (χ1n) is 4.80. The molecule has 0 saturated heterocycles. The maximum absolute atomic E-state index is 11.7. The van der Waals surface area contributed by atoms with Crippen LogP contribution in [0.4, 0.5) is 0 Å². The van der Waals surface area contributed by atoms with Gasteiger partial charge in [0.05, 0.1) is 10.9 Å². The summed E-state index contributed by atoms with van der Waals surface area (Å²) >= 11 is 0. The van der Waals surface area contributed by atoms with E-state index in [0.29, 0.717) is 12.0 Å². The van der Waals surface area contributed by atoms with Gasteiger partial charge in [-0.1, -0.05) is 6.08 Å². The van der Waals surface area contributed by atoms with Gasteiger partial charge < -0.3 is 9.72 Å². The Morgan fingerprint density at radius 2 is 2.20 bits per heavy atom. The Bertz CT molecular complexity index is 611. The summed E-state index contributed by atoms with van der Waals surface area (Å²) in [6.45, 7) is 0.573. The van der Waals surface area contributed by atoms with Crippen LogP contribution in [0.1, 0.15) is 5.56 Å². The Balaban J connectivity index is 2.52. The van der Waals surface area contributed by atoms with E-state index in [1.165, 1.54) is 6.07 Å². The van der Waals surface area contributed by atoms with Crippen molar-refractivity contribution in [1.82, 2.24) is 4.98 Å². The molecule has 0 unspecified atom stereocenters. The van der Waals surface area contributed by atoms with E-state index in [0.717, 1.165) is 16.8 Å². The van der Waals surface area contributed by atoms with Crippen LogP contribution in [0.2, 0.25) is 0 Å². The van der Waals surface area contributed by atoms with Crippen molar-refractivity contribution in [3.05, 3.63) is 46.3 Å². The van der Waals surface area contributed by atoms with Crippen LogP contribution in [-0.2, 0) is 0 Å². The van der Waals surface area contributed by atoms with Crippen molar-refractivity contribution in [1.29, 1.82) is 0 Å². The number of ether oxygens (including phenoxy) is 1. The molecule has 2 heterocycles. The van der Waals surface area contributed by atoms with Crippen molar-refractivity contribution in [3.8, 4) is 5.75 Å². The first-order chi connectivity index (χ1) is 7.36. The molecule has 0 amide bonds. The fraction of sp³-hybridized carbons (Fsp3) is 0.0833. The molecule has 74 valence electrons. The standard InChI is InChI=1S/C12H9NO2/c14-10-5-6-13-9-3-4-11-8(12(9)10)2-1-7-15-11/h1-6H,7H2,(H,13,14). The number of hydrogen-bond donors (Lipinski definition) is 1. The zero-order chi connectivity index (χ0) is 10.3. The predicted molar refractivity (Wildman–Crippen MR) is 59.1 cm³/mol. The second-order valence-corrected chi connectivity index (χ2v) is 3.46. The molecule has 1 N–H and O–H groups in total. The van der Waals surface area contributed by atoms with Crippen LogP contribution in [0.3, 0.4) is 0 Å². The van der Waals surface area contributed by atoms with Crippen LogP contribution >= 0.6 is 0 Å². The number of aromatic amines is 1. The largest absolute Gasteiger partial charge is 0.489 e. The van der Waals surface area contributed by atoms with Crippen LogP contribution in [-0.4, -0.2) is 11.6 Å². The van der Waals surface area contributed by atoms with Gasteiger partial charge in [-0.3, -0.25) is 4.79 Å². The van der Waals surface area contributed by atoms with Crippen molar-refractivity contribution in [3.63, 3.8) is 0 Å². The molecule has 0 spiro atoms. The number of nitrogens with one attached hydrogen (secondary N) is 1. The topological polar surface area (TPSA) is 42.1 Å². The SMILES string of the molecule is O=c1cc[nH]c2ccc3c(c12)C=CCO3. The summed E-state index contributed by atoms with van der Waals surface area (Å²) in [6, 6.07) is 5.29. The van der Waals surface area contributed by atoms with Gasteiger partial charge in [0.15, 0.2) is 5.43 Å². The summed E-state index contributed by atoms with van der Waals surface area (Å²) in [5.41, 5.74) is 1.74. The average molecular weight is 199 g/mol. The zero-order valence-corrected chi connectivity index (χ0v) is 7.99. The molecule has 1 aliphatic heterocycles. The fourth-order valence-corrected chi connectivity index (χ4v) is 1.87. The van der Waals surface area contributed by atoms with Crippen molar-refractivity contribution in [2.24, 2.45) is 0 Å². The molecule has 1 aliphatic rings. The van der Waals surface area contributed by atoms with E-state index < -0.39 is 0 Å². The van der Waals surface area contributed by atoms with E-state index in [1.54, 1.807) is 6.20 Å². The molecule has 3 heteroatoms. The number of rotatable bonds is 0. The quantitative estimate of drug-likeness (QED) is 0.704. The zero-order valence-electron chi connectivity index (χ0n) is 7.99. The number of benzene rings is 1. The predicted octanol–water partition coefficient (Wildman–Crippen LogP) is 1.93. The highest BCUT2D eigenvalue weighted by Gasteiger charge is 2.11. The van der Waals surface area contributed by atoms with Gasteiger partial charge in [-0.2, -0.15) is 0 Å². The van der Waals surface area contributed by atoms with Crippen LogP contribution in [0.5, 0.6) is 5.75 Å². The van der Waals surface area contributed by atoms with Gasteiger partial charge in [-0.05, 0) is 18.2 Å². The Kier molecular flexibility index (Phi) is 1.65. The Morgan fingerprint density at radius 1 is 1.27 bits per heavy atom. The highest BCUT2D eigenvalue weighted by atomic mass is 16.5. The lowest BCUT2D eigenvalue weighted by Crippen LogP contribution is -2.07. The Hall–Kier alpha value is -2.03. The summed E-state index contributed by atoms with van der Waals surface area (Å²) in [5.74, 6) is 0.779. The number of aromatic nitrogens is 1. The monoisotopic (exact) mass is 199 g/mol. The van der Waals surface area contributed by atoms with E-state index in [2.05, 4.69) is 4.98 Å². The van der Waals surface area contributed by atoms with E-state index in [4.69, 9.17) is 4.74 Å². The van der Waals surface area contributed by atoms with Crippen molar-refractivity contribution in [2.45, 2.75) is 0 Å². The molecule has 0 aliphatic carbocycles. The molecule has 0 bridgehead atoms. The lowest BCUT2D eigenvalue weighted by atomic mass is 10.1. The minimum atomic E-state index is 0.0238. The summed E-state index contributed by atoms with van der Waals surface area (Å²) < 4.78 is 5.45. The highest BCUT2D eigenvalue weighted by molar-refractivity contribution is 5.90. The maximum atomic E-state index is 11.7. The van der Waals surface area contributed by atoms with Gasteiger partial charge in [0.1, 0.15) is 12.4 Å². The lowest BCUT2D eigenvalue weighted by molar-refractivity contribution is 0.359.